The maximum atomic E-state index is 7.61. The van der Waals surface area contributed by atoms with Gasteiger partial charge in [-0.1, -0.05) is 56.7 Å². The zero-order valence-corrected chi connectivity index (χ0v) is 16.6. The summed E-state index contributed by atoms with van der Waals surface area (Å²) in [6.07, 6.45) is 12.7. The number of aryl methyl sites for hydroxylation is 1. The molecule has 0 spiro atoms. The molecule has 1 heterocycles. The van der Waals surface area contributed by atoms with Crippen molar-refractivity contribution in [2.24, 2.45) is 5.73 Å². The summed E-state index contributed by atoms with van der Waals surface area (Å²) in [5.41, 5.74) is 10.3. The van der Waals surface area contributed by atoms with Crippen molar-refractivity contribution in [2.45, 2.75) is 39.2 Å². The number of pyridine rings is 1. The van der Waals surface area contributed by atoms with Crippen LogP contribution in [0.25, 0.3) is 5.57 Å². The second-order valence-electron chi connectivity index (χ2n) is 6.65. The SMILES string of the molecule is C=C(C(C=N)=CC=CN)c1cccc(CNc2ncccc2CCCCC)c1. The molecule has 28 heavy (non-hydrogen) atoms. The van der Waals surface area contributed by atoms with E-state index in [9.17, 15) is 0 Å². The van der Waals surface area contributed by atoms with Crippen molar-refractivity contribution in [1.29, 1.82) is 5.41 Å². The van der Waals surface area contributed by atoms with Crippen LogP contribution in [-0.4, -0.2) is 11.2 Å². The van der Waals surface area contributed by atoms with Crippen LogP contribution >= 0.6 is 0 Å². The molecule has 1 aromatic carbocycles. The van der Waals surface area contributed by atoms with Crippen molar-refractivity contribution in [3.05, 3.63) is 89.8 Å². The van der Waals surface area contributed by atoms with Crippen molar-refractivity contribution in [2.75, 3.05) is 5.32 Å². The van der Waals surface area contributed by atoms with E-state index in [1.165, 1.54) is 37.2 Å². The Morgan fingerprint density at radius 1 is 1.25 bits per heavy atom. The number of nitrogens with one attached hydrogen (secondary N) is 2. The molecule has 4 nitrogen and oxygen atoms in total. The van der Waals surface area contributed by atoms with Crippen LogP contribution in [0.5, 0.6) is 0 Å². The molecule has 0 aliphatic rings. The average Bonchev–Trinajstić information content (AvgIpc) is 2.74. The number of benzene rings is 1. The maximum Gasteiger partial charge on any atom is 0.129 e. The first-order chi connectivity index (χ1) is 13.7. The molecule has 0 unspecified atom stereocenters. The van der Waals surface area contributed by atoms with Crippen LogP contribution < -0.4 is 11.1 Å². The monoisotopic (exact) mass is 374 g/mol. The molecule has 0 saturated carbocycles. The molecule has 146 valence electrons. The van der Waals surface area contributed by atoms with E-state index in [1.54, 1.807) is 12.2 Å². The van der Waals surface area contributed by atoms with Crippen LogP contribution in [0.15, 0.2) is 73.1 Å². The van der Waals surface area contributed by atoms with Gasteiger partial charge in [-0.3, -0.25) is 0 Å². The molecule has 0 saturated heterocycles. The van der Waals surface area contributed by atoms with E-state index >= 15 is 0 Å². The Hall–Kier alpha value is -3.14. The van der Waals surface area contributed by atoms with Crippen molar-refractivity contribution in [3.8, 4) is 0 Å². The van der Waals surface area contributed by atoms with E-state index in [2.05, 4.69) is 42.0 Å². The van der Waals surface area contributed by atoms with E-state index in [-0.39, 0.29) is 0 Å². The van der Waals surface area contributed by atoms with Gasteiger partial charge in [0.05, 0.1) is 0 Å². The number of nitrogens with two attached hydrogens (primary N) is 1. The topological polar surface area (TPSA) is 74.8 Å². The summed E-state index contributed by atoms with van der Waals surface area (Å²) in [7, 11) is 0. The van der Waals surface area contributed by atoms with Gasteiger partial charge in [0.1, 0.15) is 5.82 Å². The van der Waals surface area contributed by atoms with Gasteiger partial charge in [0, 0.05) is 19.0 Å². The van der Waals surface area contributed by atoms with Crippen molar-refractivity contribution < 1.29 is 0 Å². The number of aromatic nitrogens is 1. The van der Waals surface area contributed by atoms with Crippen LogP contribution in [0.1, 0.15) is 42.9 Å². The third-order valence-corrected chi connectivity index (χ3v) is 4.57. The van der Waals surface area contributed by atoms with E-state index in [4.69, 9.17) is 11.1 Å². The summed E-state index contributed by atoms with van der Waals surface area (Å²) in [6, 6.07) is 12.3. The number of nitrogens with zero attached hydrogens (tertiary/aromatic N) is 1. The Kier molecular flexibility index (Phi) is 8.73. The molecule has 0 bridgehead atoms. The quantitative estimate of drug-likeness (QED) is 0.277. The molecule has 0 fully saturated rings. The molecule has 0 aliphatic heterocycles. The number of anilines is 1. The zero-order chi connectivity index (χ0) is 20.2. The van der Waals surface area contributed by atoms with Gasteiger partial charge in [-0.15, -0.1) is 0 Å². The fourth-order valence-corrected chi connectivity index (χ4v) is 2.98. The number of allylic oxidation sites excluding steroid dienone is 4. The lowest BCUT2D eigenvalue weighted by Gasteiger charge is -2.12. The van der Waals surface area contributed by atoms with Crippen LogP contribution in [0, 0.1) is 5.41 Å². The Balaban J connectivity index is 2.10. The Labute approximate surface area is 168 Å². The van der Waals surface area contributed by atoms with Crippen LogP contribution in [0.2, 0.25) is 0 Å². The number of hydrogen-bond donors (Lipinski definition) is 3. The first-order valence-corrected chi connectivity index (χ1v) is 9.75. The highest BCUT2D eigenvalue weighted by Crippen LogP contribution is 2.22. The fourth-order valence-electron chi connectivity index (χ4n) is 2.98. The van der Waals surface area contributed by atoms with Gasteiger partial charge >= 0.3 is 0 Å². The number of hydrogen-bond acceptors (Lipinski definition) is 4. The first kappa shape index (κ1) is 21.2. The normalized spacial score (nSPS) is 11.5. The average molecular weight is 375 g/mol. The smallest absolute Gasteiger partial charge is 0.129 e. The largest absolute Gasteiger partial charge is 0.405 e. The Morgan fingerprint density at radius 2 is 2.11 bits per heavy atom. The third-order valence-electron chi connectivity index (χ3n) is 4.57. The fraction of sp³-hybridized carbons (Fsp3) is 0.250. The molecule has 0 amide bonds. The third kappa shape index (κ3) is 6.23. The van der Waals surface area contributed by atoms with Gasteiger partial charge in [0.15, 0.2) is 0 Å². The minimum absolute atomic E-state index is 0.686. The predicted molar refractivity (Wildman–Crippen MR) is 120 cm³/mol. The standard InChI is InChI=1S/C24H30N4/c1-3-4-5-10-21-13-8-15-27-24(21)28-18-20-9-6-11-22(16-20)19(2)23(17-26)12-7-14-25/h6-9,11-17,26H,2-5,10,18,25H2,1H3,(H,27,28). The van der Waals surface area contributed by atoms with Gasteiger partial charge in [-0.25, -0.2) is 4.98 Å². The zero-order valence-electron chi connectivity index (χ0n) is 16.6. The lowest BCUT2D eigenvalue weighted by atomic mass is 9.98. The molecule has 4 N–H and O–H groups in total. The van der Waals surface area contributed by atoms with Crippen molar-refractivity contribution in [3.63, 3.8) is 0 Å². The molecule has 4 heteroatoms. The minimum Gasteiger partial charge on any atom is -0.405 e. The van der Waals surface area contributed by atoms with E-state index in [0.29, 0.717) is 6.54 Å². The molecule has 1 aromatic heterocycles. The molecule has 2 aromatic rings. The van der Waals surface area contributed by atoms with Crippen molar-refractivity contribution >= 4 is 17.6 Å². The molecular weight excluding hydrogens is 344 g/mol. The summed E-state index contributed by atoms with van der Waals surface area (Å²) >= 11 is 0. The minimum atomic E-state index is 0.686. The van der Waals surface area contributed by atoms with Crippen LogP contribution in [-0.2, 0) is 13.0 Å². The highest BCUT2D eigenvalue weighted by atomic mass is 15.0. The molecule has 0 aliphatic carbocycles. The molecule has 0 atom stereocenters. The lowest BCUT2D eigenvalue weighted by molar-refractivity contribution is 0.716. The van der Waals surface area contributed by atoms with Crippen molar-refractivity contribution in [1.82, 2.24) is 4.98 Å². The molecular formula is C24H30N4. The first-order valence-electron chi connectivity index (χ1n) is 9.75. The van der Waals surface area contributed by atoms with Gasteiger partial charge in [-0.2, -0.15) is 0 Å². The van der Waals surface area contributed by atoms with E-state index in [0.717, 1.165) is 34.5 Å². The number of unbranched alkanes of at least 4 members (excludes halogenated alkanes) is 2. The molecule has 2 rings (SSSR count). The van der Waals surface area contributed by atoms with E-state index < -0.39 is 0 Å². The highest BCUT2D eigenvalue weighted by Gasteiger charge is 2.06. The summed E-state index contributed by atoms with van der Waals surface area (Å²) < 4.78 is 0. The summed E-state index contributed by atoms with van der Waals surface area (Å²) in [5.74, 6) is 0.955. The predicted octanol–water partition coefficient (Wildman–Crippen LogP) is 5.49. The highest BCUT2D eigenvalue weighted by molar-refractivity contribution is 5.99. The van der Waals surface area contributed by atoms with Gasteiger partial charge in [-0.05, 0) is 65.1 Å². The Bertz CT molecular complexity index is 849. The van der Waals surface area contributed by atoms with Gasteiger partial charge in [0.25, 0.3) is 0 Å². The van der Waals surface area contributed by atoms with E-state index in [1.807, 2.05) is 24.4 Å². The number of rotatable bonds is 11. The second-order valence-corrected chi connectivity index (χ2v) is 6.65. The summed E-state index contributed by atoms with van der Waals surface area (Å²) in [4.78, 5) is 4.52. The Morgan fingerprint density at radius 3 is 2.86 bits per heavy atom. The molecule has 0 radical (unpaired) electrons. The van der Waals surface area contributed by atoms with Gasteiger partial charge in [0.2, 0.25) is 0 Å². The maximum absolute atomic E-state index is 7.61. The van der Waals surface area contributed by atoms with Crippen LogP contribution in [0.4, 0.5) is 5.82 Å². The summed E-state index contributed by atoms with van der Waals surface area (Å²) in [6.45, 7) is 7.04. The summed E-state index contributed by atoms with van der Waals surface area (Å²) in [5, 5.41) is 11.1. The van der Waals surface area contributed by atoms with Gasteiger partial charge < -0.3 is 16.5 Å². The second kappa shape index (κ2) is 11.5. The lowest BCUT2D eigenvalue weighted by Crippen LogP contribution is -2.05. The van der Waals surface area contributed by atoms with Crippen LogP contribution in [0.3, 0.4) is 0 Å².